The van der Waals surface area contributed by atoms with Crippen molar-refractivity contribution in [1.29, 1.82) is 0 Å². The van der Waals surface area contributed by atoms with Gasteiger partial charge in [-0.3, -0.25) is 18.6 Å². The highest BCUT2D eigenvalue weighted by molar-refractivity contribution is 7.47. The van der Waals surface area contributed by atoms with Crippen LogP contribution in [0.2, 0.25) is 0 Å². The first kappa shape index (κ1) is 49.2. The zero-order chi connectivity index (χ0) is 37.7. The van der Waals surface area contributed by atoms with E-state index in [9.17, 15) is 24.2 Å². The summed E-state index contributed by atoms with van der Waals surface area (Å²) in [6, 6.07) is 0. The van der Waals surface area contributed by atoms with E-state index in [4.69, 9.17) is 19.1 Å². The molecule has 0 saturated heterocycles. The Morgan fingerprint density at radius 3 is 1.57 bits per heavy atom. The average molecular weight is 745 g/mol. The minimum Gasteiger partial charge on any atom is -0.462 e. The predicted octanol–water partition coefficient (Wildman–Crippen LogP) is 10.00. The summed E-state index contributed by atoms with van der Waals surface area (Å²) in [5, 5.41) is 18.3. The maximum atomic E-state index is 12.6. The molecule has 0 rings (SSSR count). The summed E-state index contributed by atoms with van der Waals surface area (Å²) >= 11 is 0. The number of unbranched alkanes of at least 4 members (excludes halogenated alkanes) is 17. The first-order valence-corrected chi connectivity index (χ1v) is 21.4. The molecule has 0 spiro atoms. The highest BCUT2D eigenvalue weighted by atomic mass is 31.2. The number of ether oxygens (including phenoxy) is 2. The fourth-order valence-corrected chi connectivity index (χ4v) is 5.96. The number of hydrogen-bond acceptors (Lipinski definition) is 9. The largest absolute Gasteiger partial charge is 0.472 e. The quantitative estimate of drug-likeness (QED) is 0.0243. The fourth-order valence-electron chi connectivity index (χ4n) is 5.18. The number of allylic oxidation sites excluding steroid dienone is 6. The summed E-state index contributed by atoms with van der Waals surface area (Å²) < 4.78 is 32.6. The summed E-state index contributed by atoms with van der Waals surface area (Å²) in [5.74, 6) is -0.950. The average Bonchev–Trinajstić information content (AvgIpc) is 3.12. The van der Waals surface area contributed by atoms with Crippen molar-refractivity contribution >= 4 is 19.8 Å². The number of rotatable bonds is 37. The lowest BCUT2D eigenvalue weighted by molar-refractivity contribution is -0.161. The van der Waals surface area contributed by atoms with Crippen molar-refractivity contribution in [2.75, 3.05) is 26.4 Å². The summed E-state index contributed by atoms with van der Waals surface area (Å²) in [7, 11) is -4.62. The number of aliphatic hydroxyl groups is 2. The van der Waals surface area contributed by atoms with Crippen LogP contribution < -0.4 is 0 Å². The zero-order valence-corrected chi connectivity index (χ0v) is 33.0. The number of hydrogen-bond donors (Lipinski definition) is 3. The third-order valence-electron chi connectivity index (χ3n) is 8.30. The van der Waals surface area contributed by atoms with E-state index in [1.807, 2.05) is 0 Å². The zero-order valence-electron chi connectivity index (χ0n) is 32.1. The molecule has 0 aliphatic rings. The smallest absolute Gasteiger partial charge is 0.462 e. The SMILES string of the molecule is CCCCC/C=C\C/C=C\C/C=C\CCCCCCC(=O)O[C@H](COC(=O)CCCCCCCCCCCCC)COP(=O)(O)OC[C@@H](O)CO. The van der Waals surface area contributed by atoms with Gasteiger partial charge >= 0.3 is 19.8 Å². The number of phosphoric acid groups is 1. The van der Waals surface area contributed by atoms with Crippen molar-refractivity contribution in [1.82, 2.24) is 0 Å². The van der Waals surface area contributed by atoms with Crippen LogP contribution in [0.1, 0.15) is 168 Å². The first-order chi connectivity index (χ1) is 24.7. The second kappa shape index (κ2) is 36.5. The predicted molar refractivity (Wildman–Crippen MR) is 205 cm³/mol. The Morgan fingerprint density at radius 1 is 0.588 bits per heavy atom. The van der Waals surface area contributed by atoms with Gasteiger partial charge in [0.2, 0.25) is 0 Å². The van der Waals surface area contributed by atoms with Crippen molar-refractivity contribution < 1.29 is 47.8 Å². The number of phosphoric ester groups is 1. The second-order valence-electron chi connectivity index (χ2n) is 13.3. The van der Waals surface area contributed by atoms with Crippen LogP contribution in [0.5, 0.6) is 0 Å². The molecular formula is C40H73O10P. The number of carbonyl (C=O) groups excluding carboxylic acids is 2. The molecule has 0 aromatic carbocycles. The van der Waals surface area contributed by atoms with Gasteiger partial charge in [-0.25, -0.2) is 4.57 Å². The summed E-state index contributed by atoms with van der Waals surface area (Å²) in [6.07, 6.45) is 35.4. The van der Waals surface area contributed by atoms with Crippen LogP contribution in [0.3, 0.4) is 0 Å². The van der Waals surface area contributed by atoms with E-state index in [-0.39, 0.29) is 19.4 Å². The van der Waals surface area contributed by atoms with Gasteiger partial charge in [-0.1, -0.05) is 140 Å². The molecular weight excluding hydrogens is 671 g/mol. The molecule has 0 radical (unpaired) electrons. The number of aliphatic hydroxyl groups excluding tert-OH is 2. The number of carbonyl (C=O) groups is 2. The fraction of sp³-hybridized carbons (Fsp3) is 0.800. The van der Waals surface area contributed by atoms with Gasteiger partial charge in [0, 0.05) is 12.8 Å². The van der Waals surface area contributed by atoms with E-state index in [1.165, 1.54) is 70.6 Å². The highest BCUT2D eigenvalue weighted by Gasteiger charge is 2.27. The van der Waals surface area contributed by atoms with Crippen molar-refractivity contribution in [2.24, 2.45) is 0 Å². The maximum absolute atomic E-state index is 12.6. The van der Waals surface area contributed by atoms with Crippen molar-refractivity contribution in [2.45, 2.75) is 180 Å². The molecule has 1 unspecified atom stereocenters. The lowest BCUT2D eigenvalue weighted by Crippen LogP contribution is -2.29. The van der Waals surface area contributed by atoms with Gasteiger partial charge in [0.1, 0.15) is 12.7 Å². The van der Waals surface area contributed by atoms with E-state index >= 15 is 0 Å². The van der Waals surface area contributed by atoms with Gasteiger partial charge in [-0.15, -0.1) is 0 Å². The molecule has 3 N–H and O–H groups in total. The van der Waals surface area contributed by atoms with E-state index in [0.29, 0.717) is 12.8 Å². The Morgan fingerprint density at radius 2 is 1.02 bits per heavy atom. The molecule has 0 heterocycles. The molecule has 51 heavy (non-hydrogen) atoms. The molecule has 0 aliphatic carbocycles. The lowest BCUT2D eigenvalue weighted by Gasteiger charge is -2.20. The first-order valence-electron chi connectivity index (χ1n) is 19.9. The summed E-state index contributed by atoms with van der Waals surface area (Å²) in [5.41, 5.74) is 0. The molecule has 298 valence electrons. The Kier molecular flexibility index (Phi) is 35.2. The van der Waals surface area contributed by atoms with Crippen molar-refractivity contribution in [3.05, 3.63) is 36.5 Å². The Labute approximate surface area is 310 Å². The van der Waals surface area contributed by atoms with Crippen LogP contribution in [-0.2, 0) is 32.7 Å². The third kappa shape index (κ3) is 36.3. The lowest BCUT2D eigenvalue weighted by atomic mass is 10.1. The van der Waals surface area contributed by atoms with Crippen LogP contribution in [0.25, 0.3) is 0 Å². The van der Waals surface area contributed by atoms with Crippen LogP contribution in [-0.4, -0.2) is 65.7 Å². The van der Waals surface area contributed by atoms with Crippen molar-refractivity contribution in [3.63, 3.8) is 0 Å². The monoisotopic (exact) mass is 744 g/mol. The molecule has 3 atom stereocenters. The maximum Gasteiger partial charge on any atom is 0.472 e. The molecule has 0 saturated carbocycles. The van der Waals surface area contributed by atoms with Crippen molar-refractivity contribution in [3.8, 4) is 0 Å². The van der Waals surface area contributed by atoms with Gasteiger partial charge < -0.3 is 24.6 Å². The molecule has 0 bridgehead atoms. The van der Waals surface area contributed by atoms with Gasteiger partial charge in [0.15, 0.2) is 6.10 Å². The van der Waals surface area contributed by atoms with Gasteiger partial charge in [-0.05, 0) is 51.4 Å². The summed E-state index contributed by atoms with van der Waals surface area (Å²) in [4.78, 5) is 34.8. The van der Waals surface area contributed by atoms with Crippen LogP contribution in [0.4, 0.5) is 0 Å². The Balaban J connectivity index is 4.39. The summed E-state index contributed by atoms with van der Waals surface area (Å²) in [6.45, 7) is 2.31. The molecule has 0 amide bonds. The van der Waals surface area contributed by atoms with Crippen LogP contribution in [0.15, 0.2) is 36.5 Å². The minimum atomic E-state index is -4.62. The molecule has 11 heteroatoms. The Bertz CT molecular complexity index is 952. The molecule has 0 fully saturated rings. The topological polar surface area (TPSA) is 149 Å². The Hall–Kier alpha value is -1.81. The van der Waals surface area contributed by atoms with Gasteiger partial charge in [-0.2, -0.15) is 0 Å². The third-order valence-corrected chi connectivity index (χ3v) is 9.25. The van der Waals surface area contributed by atoms with Gasteiger partial charge in [0.25, 0.3) is 0 Å². The van der Waals surface area contributed by atoms with Gasteiger partial charge in [0.05, 0.1) is 19.8 Å². The normalized spacial score (nSPS) is 14.4. The molecule has 0 aromatic heterocycles. The molecule has 10 nitrogen and oxygen atoms in total. The van der Waals surface area contributed by atoms with E-state index in [1.54, 1.807) is 0 Å². The minimum absolute atomic E-state index is 0.160. The second-order valence-corrected chi connectivity index (χ2v) is 14.8. The van der Waals surface area contributed by atoms with Crippen LogP contribution in [0, 0.1) is 0 Å². The molecule has 0 aromatic rings. The van der Waals surface area contributed by atoms with E-state index in [0.717, 1.165) is 57.8 Å². The van der Waals surface area contributed by atoms with Crippen LogP contribution >= 0.6 is 7.82 Å². The standard InChI is InChI=1S/C40H73O10P/c1-3-5-7-9-11-13-15-16-17-18-19-20-22-24-26-28-30-32-40(44)50-38(36-49-51(45,46)48-34-37(42)33-41)35-47-39(43)31-29-27-25-23-21-14-12-10-8-6-4-2/h11,13,16-17,19-20,37-38,41-42H,3-10,12,14-15,18,21-36H2,1-2H3,(H,45,46)/b13-11-,17-16-,20-19-/t37-,38+/m0/s1. The number of esters is 2. The molecule has 0 aliphatic heterocycles. The van der Waals surface area contributed by atoms with E-state index in [2.05, 4.69) is 54.8 Å². The highest BCUT2D eigenvalue weighted by Crippen LogP contribution is 2.43. The van der Waals surface area contributed by atoms with E-state index < -0.39 is 51.8 Å².